The average Bonchev–Trinajstić information content (AvgIpc) is 2.45. The molecule has 0 aliphatic rings. The molecule has 0 heterocycles. The van der Waals surface area contributed by atoms with Crippen LogP contribution in [0.2, 0.25) is 0 Å². The first-order chi connectivity index (χ1) is 9.56. The molecule has 0 spiro atoms. The van der Waals surface area contributed by atoms with Crippen LogP contribution in [-0.2, 0) is 0 Å². The Hall–Kier alpha value is -1.92. The lowest BCUT2D eigenvalue weighted by Gasteiger charge is -2.11. The molecule has 0 aromatic heterocycles. The lowest BCUT2D eigenvalue weighted by molar-refractivity contribution is -0.384. The predicted octanol–water partition coefficient (Wildman–Crippen LogP) is 3.53. The van der Waals surface area contributed by atoms with Gasteiger partial charge in [0.15, 0.2) is 0 Å². The summed E-state index contributed by atoms with van der Waals surface area (Å²) in [5.74, 6) is 0.264. The second kappa shape index (κ2) is 6.49. The minimum Gasteiger partial charge on any atom is -0.323 e. The van der Waals surface area contributed by atoms with Gasteiger partial charge in [-0.05, 0) is 29.8 Å². The number of non-ortho nitro benzene ring substituents is 1. The van der Waals surface area contributed by atoms with E-state index in [1.807, 2.05) is 0 Å². The van der Waals surface area contributed by atoms with Crippen LogP contribution in [0.25, 0.3) is 0 Å². The third kappa shape index (κ3) is 3.79. The van der Waals surface area contributed by atoms with Crippen LogP contribution < -0.4 is 5.73 Å². The van der Waals surface area contributed by atoms with Gasteiger partial charge < -0.3 is 5.73 Å². The summed E-state index contributed by atoms with van der Waals surface area (Å²) in [5.41, 5.74) is 6.79. The van der Waals surface area contributed by atoms with E-state index in [-0.39, 0.29) is 17.5 Å². The Balaban J connectivity index is 1.96. The fraction of sp³-hybridized carbons (Fsp3) is 0.143. The molecule has 2 aromatic rings. The molecular weight excluding hydrogens is 279 g/mol. The fourth-order valence-electron chi connectivity index (χ4n) is 1.68. The second-order valence-corrected chi connectivity index (χ2v) is 5.32. The molecule has 20 heavy (non-hydrogen) atoms. The Morgan fingerprint density at radius 2 is 1.95 bits per heavy atom. The highest BCUT2D eigenvalue weighted by molar-refractivity contribution is 7.99. The molecule has 1 unspecified atom stereocenters. The molecule has 104 valence electrons. The van der Waals surface area contributed by atoms with Gasteiger partial charge in [0.05, 0.1) is 4.92 Å². The van der Waals surface area contributed by atoms with Crippen LogP contribution >= 0.6 is 11.8 Å². The number of thioether (sulfide) groups is 1. The van der Waals surface area contributed by atoms with Crippen molar-refractivity contribution in [2.24, 2.45) is 5.73 Å². The number of benzene rings is 2. The van der Waals surface area contributed by atoms with E-state index in [0.717, 1.165) is 10.5 Å². The molecule has 1 atom stereocenters. The van der Waals surface area contributed by atoms with E-state index >= 15 is 0 Å². The number of nitrogens with zero attached hydrogens (tertiary/aromatic N) is 1. The second-order valence-electron chi connectivity index (χ2n) is 4.22. The van der Waals surface area contributed by atoms with Crippen LogP contribution in [0.1, 0.15) is 11.6 Å². The van der Waals surface area contributed by atoms with Crippen molar-refractivity contribution in [2.75, 3.05) is 5.75 Å². The molecule has 4 nitrogen and oxygen atoms in total. The molecule has 2 N–H and O–H groups in total. The summed E-state index contributed by atoms with van der Waals surface area (Å²) in [5, 5.41) is 10.5. The normalized spacial score (nSPS) is 12.1. The third-order valence-electron chi connectivity index (χ3n) is 2.75. The van der Waals surface area contributed by atoms with E-state index < -0.39 is 4.92 Å². The van der Waals surface area contributed by atoms with E-state index in [9.17, 15) is 14.5 Å². The van der Waals surface area contributed by atoms with E-state index in [4.69, 9.17) is 5.73 Å². The van der Waals surface area contributed by atoms with Gasteiger partial charge in [0.1, 0.15) is 5.82 Å². The maximum atomic E-state index is 13.1. The zero-order valence-corrected chi connectivity index (χ0v) is 11.3. The number of rotatable bonds is 5. The molecule has 0 saturated heterocycles. The molecule has 6 heteroatoms. The number of nitro groups is 1. The zero-order valence-electron chi connectivity index (χ0n) is 10.5. The Kier molecular flexibility index (Phi) is 4.70. The molecule has 0 bridgehead atoms. The number of halogens is 1. The maximum Gasteiger partial charge on any atom is 0.269 e. The Morgan fingerprint density at radius 3 is 2.55 bits per heavy atom. The fourth-order valence-corrected chi connectivity index (χ4v) is 2.58. The van der Waals surface area contributed by atoms with Crippen molar-refractivity contribution in [1.29, 1.82) is 0 Å². The third-order valence-corrected chi connectivity index (χ3v) is 3.89. The lowest BCUT2D eigenvalue weighted by Crippen LogP contribution is -2.13. The first kappa shape index (κ1) is 14.5. The summed E-state index contributed by atoms with van der Waals surface area (Å²) in [6.07, 6.45) is 0. The smallest absolute Gasteiger partial charge is 0.269 e. The van der Waals surface area contributed by atoms with Crippen molar-refractivity contribution in [3.63, 3.8) is 0 Å². The maximum absolute atomic E-state index is 13.1. The molecule has 0 fully saturated rings. The van der Waals surface area contributed by atoms with Crippen LogP contribution in [0, 0.1) is 15.9 Å². The van der Waals surface area contributed by atoms with Gasteiger partial charge in [0.2, 0.25) is 0 Å². The molecular formula is C14H13FN2O2S. The van der Waals surface area contributed by atoms with E-state index in [1.54, 1.807) is 24.3 Å². The molecule has 0 aliphatic carbocycles. The van der Waals surface area contributed by atoms with E-state index in [2.05, 4.69) is 0 Å². The van der Waals surface area contributed by atoms with Crippen LogP contribution in [-0.4, -0.2) is 10.7 Å². The summed E-state index contributed by atoms with van der Waals surface area (Å²) in [4.78, 5) is 11.0. The highest BCUT2D eigenvalue weighted by Crippen LogP contribution is 2.25. The van der Waals surface area contributed by atoms with Gasteiger partial charge >= 0.3 is 0 Å². The Bertz CT molecular complexity index is 604. The molecule has 2 rings (SSSR count). The van der Waals surface area contributed by atoms with E-state index in [1.165, 1.54) is 36.0 Å². The Morgan fingerprint density at radius 1 is 1.25 bits per heavy atom. The lowest BCUT2D eigenvalue weighted by atomic mass is 10.1. The number of nitrogens with two attached hydrogens (primary N) is 1. The van der Waals surface area contributed by atoms with Gasteiger partial charge in [-0.1, -0.05) is 12.1 Å². The minimum absolute atomic E-state index is 0.0591. The summed E-state index contributed by atoms with van der Waals surface area (Å²) >= 11 is 1.48. The van der Waals surface area contributed by atoms with Crippen molar-refractivity contribution in [2.45, 2.75) is 10.9 Å². The summed E-state index contributed by atoms with van der Waals surface area (Å²) in [6, 6.07) is 12.2. The van der Waals surface area contributed by atoms with Crippen LogP contribution in [0.3, 0.4) is 0 Å². The largest absolute Gasteiger partial charge is 0.323 e. The highest BCUT2D eigenvalue weighted by Gasteiger charge is 2.09. The summed E-state index contributed by atoms with van der Waals surface area (Å²) in [7, 11) is 0. The standard InChI is InChI=1S/C14H13FN2O2S/c15-11-3-1-2-10(8-11)14(16)9-20-13-6-4-12(5-7-13)17(18)19/h1-8,14H,9,16H2. The van der Waals surface area contributed by atoms with Gasteiger partial charge in [0, 0.05) is 28.8 Å². The average molecular weight is 292 g/mol. The van der Waals surface area contributed by atoms with Crippen molar-refractivity contribution in [3.05, 3.63) is 70.0 Å². The molecule has 2 aromatic carbocycles. The van der Waals surface area contributed by atoms with Crippen molar-refractivity contribution < 1.29 is 9.31 Å². The Labute approximate surface area is 119 Å². The molecule has 0 aliphatic heterocycles. The molecule has 0 amide bonds. The van der Waals surface area contributed by atoms with Gasteiger partial charge in [-0.15, -0.1) is 11.8 Å². The van der Waals surface area contributed by atoms with Crippen LogP contribution in [0.5, 0.6) is 0 Å². The van der Waals surface area contributed by atoms with Crippen molar-refractivity contribution >= 4 is 17.4 Å². The molecule has 0 saturated carbocycles. The van der Waals surface area contributed by atoms with E-state index in [0.29, 0.717) is 5.75 Å². The number of hydrogen-bond acceptors (Lipinski definition) is 4. The highest BCUT2D eigenvalue weighted by atomic mass is 32.2. The SMILES string of the molecule is NC(CSc1ccc([N+](=O)[O-])cc1)c1cccc(F)c1. The van der Waals surface area contributed by atoms with Crippen LogP contribution in [0.15, 0.2) is 53.4 Å². The van der Waals surface area contributed by atoms with Gasteiger partial charge in [-0.3, -0.25) is 10.1 Å². The molecule has 0 radical (unpaired) electrons. The van der Waals surface area contributed by atoms with Gasteiger partial charge in [-0.2, -0.15) is 0 Å². The quantitative estimate of drug-likeness (QED) is 0.520. The number of hydrogen-bond donors (Lipinski definition) is 1. The summed E-state index contributed by atoms with van der Waals surface area (Å²) < 4.78 is 13.1. The predicted molar refractivity (Wildman–Crippen MR) is 77.1 cm³/mol. The monoisotopic (exact) mass is 292 g/mol. The van der Waals surface area contributed by atoms with Gasteiger partial charge in [-0.25, -0.2) is 4.39 Å². The van der Waals surface area contributed by atoms with Crippen molar-refractivity contribution in [3.8, 4) is 0 Å². The van der Waals surface area contributed by atoms with Crippen LogP contribution in [0.4, 0.5) is 10.1 Å². The first-order valence-corrected chi connectivity index (χ1v) is 6.93. The zero-order chi connectivity index (χ0) is 14.5. The number of nitro benzene ring substituents is 1. The van der Waals surface area contributed by atoms with Gasteiger partial charge in [0.25, 0.3) is 5.69 Å². The first-order valence-electron chi connectivity index (χ1n) is 5.94. The topological polar surface area (TPSA) is 69.2 Å². The summed E-state index contributed by atoms with van der Waals surface area (Å²) in [6.45, 7) is 0. The van der Waals surface area contributed by atoms with Crippen molar-refractivity contribution in [1.82, 2.24) is 0 Å². The minimum atomic E-state index is -0.438.